The average Bonchev–Trinajstić information content (AvgIpc) is 2.37. The Morgan fingerprint density at radius 3 is 2.52 bits per heavy atom. The molecular weight excluding hydrogens is 263 g/mol. The third kappa shape index (κ3) is 3.12. The van der Waals surface area contributed by atoms with E-state index in [-0.39, 0.29) is 5.82 Å². The highest BCUT2D eigenvalue weighted by atomic mass is 19.1. The van der Waals surface area contributed by atoms with Crippen molar-refractivity contribution in [2.45, 2.75) is 45.6 Å². The van der Waals surface area contributed by atoms with E-state index in [4.69, 9.17) is 0 Å². The summed E-state index contributed by atoms with van der Waals surface area (Å²) in [4.78, 5) is 2.04. The molecule has 1 aromatic rings. The smallest absolute Gasteiger partial charge is 0.150 e. The minimum atomic E-state index is -0.138. The van der Waals surface area contributed by atoms with Crippen LogP contribution in [0.4, 0.5) is 10.1 Å². The molecule has 0 radical (unpaired) electrons. The fourth-order valence-electron chi connectivity index (χ4n) is 2.76. The molecule has 0 aliphatic heterocycles. The summed E-state index contributed by atoms with van der Waals surface area (Å²) in [5.41, 5.74) is 3.28. The van der Waals surface area contributed by atoms with Gasteiger partial charge in [0.1, 0.15) is 0 Å². The van der Waals surface area contributed by atoms with Crippen LogP contribution in [0, 0.1) is 12.7 Å². The molecule has 1 fully saturated rings. The molecule has 2 rings (SSSR count). The molecule has 0 spiro atoms. The zero-order valence-electron chi connectivity index (χ0n) is 13.3. The van der Waals surface area contributed by atoms with Gasteiger partial charge >= 0.3 is 0 Å². The van der Waals surface area contributed by atoms with Gasteiger partial charge in [-0.25, -0.2) is 4.39 Å². The van der Waals surface area contributed by atoms with Crippen LogP contribution in [0.15, 0.2) is 36.7 Å². The normalized spacial score (nSPS) is 14.5. The molecule has 0 unspecified atom stereocenters. The van der Waals surface area contributed by atoms with Crippen LogP contribution in [0.25, 0.3) is 0 Å². The third-order valence-electron chi connectivity index (χ3n) is 4.15. The second-order valence-electron chi connectivity index (χ2n) is 5.99. The van der Waals surface area contributed by atoms with Gasteiger partial charge in [0.2, 0.25) is 0 Å². The Morgan fingerprint density at radius 2 is 2.05 bits per heavy atom. The van der Waals surface area contributed by atoms with E-state index in [1.54, 1.807) is 0 Å². The maximum Gasteiger partial charge on any atom is 0.150 e. The number of halogens is 1. The molecule has 0 bridgehead atoms. The molecule has 2 nitrogen and oxygen atoms in total. The highest BCUT2D eigenvalue weighted by molar-refractivity contribution is 5.61. The number of rotatable bonds is 6. The lowest BCUT2D eigenvalue weighted by atomic mass is 9.90. The van der Waals surface area contributed by atoms with Crippen molar-refractivity contribution in [3.05, 3.63) is 53.6 Å². The first kappa shape index (κ1) is 15.6. The largest absolute Gasteiger partial charge is 0.375 e. The van der Waals surface area contributed by atoms with Crippen LogP contribution in [0.2, 0.25) is 0 Å². The second-order valence-corrected chi connectivity index (χ2v) is 5.99. The van der Waals surface area contributed by atoms with E-state index in [0.29, 0.717) is 23.7 Å². The van der Waals surface area contributed by atoms with Crippen LogP contribution in [0.1, 0.15) is 37.3 Å². The maximum absolute atomic E-state index is 15.0. The summed E-state index contributed by atoms with van der Waals surface area (Å²) in [5.74, 6) is 0.621. The lowest BCUT2D eigenvalue weighted by molar-refractivity contribution is 0.394. The highest BCUT2D eigenvalue weighted by Gasteiger charge is 2.30. The van der Waals surface area contributed by atoms with Crippen molar-refractivity contribution in [1.82, 2.24) is 5.32 Å². The summed E-state index contributed by atoms with van der Waals surface area (Å²) in [5, 5.41) is 3.07. The molecule has 3 heteroatoms. The minimum absolute atomic E-state index is 0.138. The molecule has 0 aromatic heterocycles. The van der Waals surface area contributed by atoms with Gasteiger partial charge in [-0.1, -0.05) is 30.9 Å². The third-order valence-corrected chi connectivity index (χ3v) is 4.15. The summed E-state index contributed by atoms with van der Waals surface area (Å²) in [6, 6.07) is 4.20. The van der Waals surface area contributed by atoms with E-state index in [9.17, 15) is 0 Å². The number of anilines is 1. The number of hydrogen-bond donors (Lipinski definition) is 1. The highest BCUT2D eigenvalue weighted by Crippen LogP contribution is 2.36. The van der Waals surface area contributed by atoms with Crippen LogP contribution >= 0.6 is 0 Å². The van der Waals surface area contributed by atoms with Crippen LogP contribution in [-0.2, 0) is 6.42 Å². The van der Waals surface area contributed by atoms with E-state index >= 15 is 4.39 Å². The molecule has 1 aliphatic carbocycles. The summed E-state index contributed by atoms with van der Waals surface area (Å²) in [6.45, 7) is 11.8. The lowest BCUT2D eigenvalue weighted by Crippen LogP contribution is -2.43. The minimum Gasteiger partial charge on any atom is -0.375 e. The zero-order chi connectivity index (χ0) is 15.6. The molecule has 114 valence electrons. The van der Waals surface area contributed by atoms with Crippen molar-refractivity contribution in [1.29, 1.82) is 0 Å². The summed E-state index contributed by atoms with van der Waals surface area (Å²) >= 11 is 0. The van der Waals surface area contributed by atoms with Crippen LogP contribution < -0.4 is 10.2 Å². The van der Waals surface area contributed by atoms with Crippen molar-refractivity contribution in [2.24, 2.45) is 0 Å². The van der Waals surface area contributed by atoms with Crippen molar-refractivity contribution in [2.75, 3.05) is 11.9 Å². The van der Waals surface area contributed by atoms with Gasteiger partial charge in [-0.15, -0.1) is 0 Å². The molecule has 1 aromatic carbocycles. The van der Waals surface area contributed by atoms with Gasteiger partial charge in [0.15, 0.2) is 5.82 Å². The number of aryl methyl sites for hydroxylation is 1. The van der Waals surface area contributed by atoms with Crippen LogP contribution in [0.5, 0.6) is 0 Å². The van der Waals surface area contributed by atoms with Crippen molar-refractivity contribution in [3.63, 3.8) is 0 Å². The SMILES string of the molecule is C=C(C)Cc1ccc(C)c(N(C(=C)NC)C2CCC2)c1F. The fraction of sp³-hybridized carbons (Fsp3) is 0.444. The first-order valence-corrected chi connectivity index (χ1v) is 7.54. The van der Waals surface area contributed by atoms with Gasteiger partial charge in [-0.3, -0.25) is 0 Å². The Hall–Kier alpha value is -1.77. The van der Waals surface area contributed by atoms with Gasteiger partial charge in [-0.2, -0.15) is 0 Å². The number of benzene rings is 1. The Labute approximate surface area is 127 Å². The van der Waals surface area contributed by atoms with E-state index < -0.39 is 0 Å². The van der Waals surface area contributed by atoms with Crippen LogP contribution in [-0.4, -0.2) is 13.1 Å². The Morgan fingerprint density at radius 1 is 1.38 bits per heavy atom. The topological polar surface area (TPSA) is 15.3 Å². The van der Waals surface area contributed by atoms with Gasteiger partial charge in [0.05, 0.1) is 11.5 Å². The van der Waals surface area contributed by atoms with Gasteiger partial charge in [0.25, 0.3) is 0 Å². The van der Waals surface area contributed by atoms with Gasteiger partial charge < -0.3 is 10.2 Å². The first-order valence-electron chi connectivity index (χ1n) is 7.54. The molecule has 1 N–H and O–H groups in total. The van der Waals surface area contributed by atoms with E-state index in [2.05, 4.69) is 18.5 Å². The standard InChI is InChI=1S/C18H25FN2/c1-12(2)11-15-10-9-13(3)18(17(15)19)21(14(4)20-5)16-7-6-8-16/h9-10,16,20H,1,4,6-8,11H2,2-3,5H3. The molecule has 0 heterocycles. The fourth-order valence-corrected chi connectivity index (χ4v) is 2.76. The van der Waals surface area contributed by atoms with Crippen molar-refractivity contribution < 1.29 is 4.39 Å². The monoisotopic (exact) mass is 288 g/mol. The van der Waals surface area contributed by atoms with Crippen LogP contribution in [0.3, 0.4) is 0 Å². The van der Waals surface area contributed by atoms with E-state index in [0.717, 1.165) is 29.8 Å². The number of hydrogen-bond acceptors (Lipinski definition) is 2. The molecular formula is C18H25FN2. The number of nitrogens with one attached hydrogen (secondary N) is 1. The molecule has 1 saturated carbocycles. The summed E-state index contributed by atoms with van der Waals surface area (Å²) in [7, 11) is 1.83. The lowest BCUT2D eigenvalue weighted by Gasteiger charge is -2.41. The zero-order valence-corrected chi connectivity index (χ0v) is 13.3. The first-order chi connectivity index (χ1) is 9.95. The molecule has 1 aliphatic rings. The van der Waals surface area contributed by atoms with E-state index in [1.165, 1.54) is 6.42 Å². The van der Waals surface area contributed by atoms with Gasteiger partial charge in [-0.05, 0) is 50.7 Å². The predicted octanol–water partition coefficient (Wildman–Crippen LogP) is 4.30. The predicted molar refractivity (Wildman–Crippen MR) is 88.0 cm³/mol. The molecule has 0 atom stereocenters. The van der Waals surface area contributed by atoms with Crippen molar-refractivity contribution in [3.8, 4) is 0 Å². The Kier molecular flexibility index (Phi) is 4.71. The maximum atomic E-state index is 15.0. The molecule has 0 amide bonds. The van der Waals surface area contributed by atoms with E-state index in [1.807, 2.05) is 37.9 Å². The quantitative estimate of drug-likeness (QED) is 0.785. The molecule has 21 heavy (non-hydrogen) atoms. The van der Waals surface area contributed by atoms with Gasteiger partial charge in [0, 0.05) is 13.1 Å². The summed E-state index contributed by atoms with van der Waals surface area (Å²) < 4.78 is 15.0. The number of nitrogens with zero attached hydrogens (tertiary/aromatic N) is 1. The Balaban J connectivity index is 2.47. The number of allylic oxidation sites excluding steroid dienone is 1. The molecule has 0 saturated heterocycles. The Bertz CT molecular complexity index is 559. The summed E-state index contributed by atoms with van der Waals surface area (Å²) in [6.07, 6.45) is 3.95. The van der Waals surface area contributed by atoms with Crippen molar-refractivity contribution >= 4 is 5.69 Å². The average molecular weight is 288 g/mol. The second kappa shape index (κ2) is 6.33.